The Bertz CT molecular complexity index is 1260. The average Bonchev–Trinajstić information content (AvgIpc) is 3.42. The number of likely N-dealkylation sites (N-methyl/N-ethyl adjacent to an activating group) is 1. The fraction of sp³-hybridized carbons (Fsp3) is 0.208. The highest BCUT2D eigenvalue weighted by Gasteiger charge is 2.31. The first-order chi connectivity index (χ1) is 15.1. The van der Waals surface area contributed by atoms with Gasteiger partial charge in [0, 0.05) is 31.2 Å². The molecule has 5 rings (SSSR count). The van der Waals surface area contributed by atoms with Crippen LogP contribution >= 0.6 is 0 Å². The third kappa shape index (κ3) is 3.94. The molecule has 0 bridgehead atoms. The van der Waals surface area contributed by atoms with Gasteiger partial charge in [0.1, 0.15) is 29.7 Å². The summed E-state index contributed by atoms with van der Waals surface area (Å²) in [6.45, 7) is 0.616. The normalized spacial score (nSPS) is 15.5. The molecule has 164 valence electrons. The van der Waals surface area contributed by atoms with Crippen molar-refractivity contribution >= 4 is 28.5 Å². The fourth-order valence-corrected chi connectivity index (χ4v) is 3.65. The van der Waals surface area contributed by atoms with Crippen molar-refractivity contribution in [1.82, 2.24) is 14.9 Å². The predicted octanol–water partition coefficient (Wildman–Crippen LogP) is 3.47. The number of benzene rings is 2. The van der Waals surface area contributed by atoms with Crippen LogP contribution in [0.2, 0.25) is 0 Å². The van der Waals surface area contributed by atoms with Gasteiger partial charge in [0.2, 0.25) is 0 Å². The molecule has 2 aromatic heterocycles. The molecule has 8 heteroatoms. The second-order valence-electron chi connectivity index (χ2n) is 7.43. The first-order valence-electron chi connectivity index (χ1n) is 9.86. The number of imidazole rings is 1. The van der Waals surface area contributed by atoms with Crippen LogP contribution in [-0.4, -0.2) is 41.1 Å². The SMILES string of the molecule is C.CN1C(=O)[C@@H](NC(=O)c2cn(Cc3ccccc3)cn2)COc2cc3occc3cc21. The monoisotopic (exact) mass is 432 g/mol. The molecule has 1 atom stereocenters. The van der Waals surface area contributed by atoms with E-state index in [2.05, 4.69) is 10.3 Å². The number of nitrogens with zero attached hydrogens (tertiary/aromatic N) is 3. The summed E-state index contributed by atoms with van der Waals surface area (Å²) in [4.78, 5) is 31.4. The van der Waals surface area contributed by atoms with Gasteiger partial charge in [0.05, 0.1) is 18.3 Å². The zero-order chi connectivity index (χ0) is 21.4. The molecular weight excluding hydrogens is 408 g/mol. The summed E-state index contributed by atoms with van der Waals surface area (Å²) in [6, 6.07) is 14.5. The highest BCUT2D eigenvalue weighted by molar-refractivity contribution is 6.04. The van der Waals surface area contributed by atoms with Crippen LogP contribution in [0, 0.1) is 0 Å². The molecule has 3 heterocycles. The second kappa shape index (κ2) is 8.58. The summed E-state index contributed by atoms with van der Waals surface area (Å²) in [5.41, 5.74) is 2.64. The summed E-state index contributed by atoms with van der Waals surface area (Å²) in [5.74, 6) is -0.164. The highest BCUT2D eigenvalue weighted by atomic mass is 16.5. The lowest BCUT2D eigenvalue weighted by Gasteiger charge is -2.20. The lowest BCUT2D eigenvalue weighted by Crippen LogP contribution is -2.49. The van der Waals surface area contributed by atoms with E-state index in [0.29, 0.717) is 23.6 Å². The Morgan fingerprint density at radius 1 is 1.22 bits per heavy atom. The Labute approximate surface area is 185 Å². The molecule has 2 aromatic carbocycles. The molecule has 8 nitrogen and oxygen atoms in total. The van der Waals surface area contributed by atoms with Gasteiger partial charge in [-0.05, 0) is 17.7 Å². The number of hydrogen-bond donors (Lipinski definition) is 1. The van der Waals surface area contributed by atoms with Crippen molar-refractivity contribution in [1.29, 1.82) is 0 Å². The van der Waals surface area contributed by atoms with Crippen molar-refractivity contribution in [3.05, 3.63) is 78.6 Å². The minimum absolute atomic E-state index is 0. The largest absolute Gasteiger partial charge is 0.489 e. The Morgan fingerprint density at radius 3 is 2.84 bits per heavy atom. The maximum atomic E-state index is 13.0. The van der Waals surface area contributed by atoms with Crippen molar-refractivity contribution in [2.24, 2.45) is 0 Å². The lowest BCUT2D eigenvalue weighted by atomic mass is 10.2. The topological polar surface area (TPSA) is 89.6 Å². The number of carbonyl (C=O) groups excluding carboxylic acids is 2. The average molecular weight is 432 g/mol. The number of carbonyl (C=O) groups is 2. The van der Waals surface area contributed by atoms with Crippen LogP contribution < -0.4 is 15.0 Å². The Kier molecular flexibility index (Phi) is 5.68. The number of nitrogens with one attached hydrogen (secondary N) is 1. The van der Waals surface area contributed by atoms with E-state index in [-0.39, 0.29) is 25.6 Å². The molecular formula is C24H24N4O4. The summed E-state index contributed by atoms with van der Waals surface area (Å²) in [6.07, 6.45) is 4.85. The molecule has 4 aromatic rings. The highest BCUT2D eigenvalue weighted by Crippen LogP contribution is 2.35. The maximum Gasteiger partial charge on any atom is 0.272 e. The molecule has 1 N–H and O–H groups in total. The third-order valence-electron chi connectivity index (χ3n) is 5.31. The number of rotatable bonds is 4. The minimum atomic E-state index is -0.838. The van der Waals surface area contributed by atoms with E-state index in [4.69, 9.17) is 9.15 Å². The number of aromatic nitrogens is 2. The van der Waals surface area contributed by atoms with Crippen LogP contribution in [-0.2, 0) is 11.3 Å². The van der Waals surface area contributed by atoms with Gasteiger partial charge in [-0.25, -0.2) is 4.98 Å². The van der Waals surface area contributed by atoms with Crippen LogP contribution in [0.25, 0.3) is 11.0 Å². The molecule has 2 amide bonds. The number of anilines is 1. The van der Waals surface area contributed by atoms with Gasteiger partial charge in [0.25, 0.3) is 11.8 Å². The molecule has 0 spiro atoms. The molecule has 0 unspecified atom stereocenters. The van der Waals surface area contributed by atoms with Gasteiger partial charge in [-0.15, -0.1) is 0 Å². The van der Waals surface area contributed by atoms with E-state index >= 15 is 0 Å². The number of amides is 2. The van der Waals surface area contributed by atoms with Crippen LogP contribution in [0.4, 0.5) is 5.69 Å². The summed E-state index contributed by atoms with van der Waals surface area (Å²) in [5, 5.41) is 3.62. The van der Waals surface area contributed by atoms with E-state index < -0.39 is 11.9 Å². The molecule has 32 heavy (non-hydrogen) atoms. The number of ether oxygens (including phenoxy) is 1. The van der Waals surface area contributed by atoms with Gasteiger partial charge in [-0.3, -0.25) is 9.59 Å². The van der Waals surface area contributed by atoms with Gasteiger partial charge >= 0.3 is 0 Å². The molecule has 0 radical (unpaired) electrons. The smallest absolute Gasteiger partial charge is 0.272 e. The number of furan rings is 1. The Balaban J connectivity index is 0.00000245. The number of hydrogen-bond acceptors (Lipinski definition) is 5. The van der Waals surface area contributed by atoms with Crippen molar-refractivity contribution < 1.29 is 18.7 Å². The number of fused-ring (bicyclic) bond motifs is 2. The minimum Gasteiger partial charge on any atom is -0.489 e. The zero-order valence-corrected chi connectivity index (χ0v) is 16.8. The summed E-state index contributed by atoms with van der Waals surface area (Å²) in [7, 11) is 1.66. The molecule has 0 saturated heterocycles. The van der Waals surface area contributed by atoms with E-state index in [1.807, 2.05) is 47.0 Å². The van der Waals surface area contributed by atoms with Crippen LogP contribution in [0.5, 0.6) is 5.75 Å². The fourth-order valence-electron chi connectivity index (χ4n) is 3.65. The van der Waals surface area contributed by atoms with Crippen molar-refractivity contribution in [3.8, 4) is 5.75 Å². The Hall–Kier alpha value is -4.07. The van der Waals surface area contributed by atoms with E-state index in [1.165, 1.54) is 4.90 Å². The lowest BCUT2D eigenvalue weighted by molar-refractivity contribution is -0.120. The van der Waals surface area contributed by atoms with Crippen molar-refractivity contribution in [3.63, 3.8) is 0 Å². The van der Waals surface area contributed by atoms with Crippen LogP contribution in [0.3, 0.4) is 0 Å². The second-order valence-corrected chi connectivity index (χ2v) is 7.43. The molecule has 0 aliphatic carbocycles. The van der Waals surface area contributed by atoms with Crippen LogP contribution in [0.15, 0.2) is 71.7 Å². The zero-order valence-electron chi connectivity index (χ0n) is 16.8. The van der Waals surface area contributed by atoms with Gasteiger partial charge < -0.3 is 23.9 Å². The molecule has 1 aliphatic rings. The standard InChI is InChI=1S/C23H20N4O4.CH4/c1-26-19-9-16-7-8-30-20(16)10-21(19)31-13-18(23(26)29)25-22(28)17-12-27(14-24-17)11-15-5-3-2-4-6-15;/h2-10,12,14,18H,11,13H2,1H3,(H,25,28);1H4/t18-;/m0./s1. The Morgan fingerprint density at radius 2 is 2.03 bits per heavy atom. The molecule has 0 fully saturated rings. The maximum absolute atomic E-state index is 13.0. The predicted molar refractivity (Wildman–Crippen MR) is 121 cm³/mol. The molecule has 0 saturated carbocycles. The third-order valence-corrected chi connectivity index (χ3v) is 5.31. The van der Waals surface area contributed by atoms with Gasteiger partial charge in [0.15, 0.2) is 0 Å². The van der Waals surface area contributed by atoms with E-state index in [0.717, 1.165) is 10.9 Å². The van der Waals surface area contributed by atoms with E-state index in [9.17, 15) is 9.59 Å². The quantitative estimate of drug-likeness (QED) is 0.533. The summed E-state index contributed by atoms with van der Waals surface area (Å²) < 4.78 is 13.1. The van der Waals surface area contributed by atoms with Gasteiger partial charge in [-0.1, -0.05) is 37.8 Å². The first-order valence-corrected chi connectivity index (χ1v) is 9.86. The van der Waals surface area contributed by atoms with Crippen molar-refractivity contribution in [2.75, 3.05) is 18.6 Å². The van der Waals surface area contributed by atoms with Gasteiger partial charge in [-0.2, -0.15) is 0 Å². The van der Waals surface area contributed by atoms with E-state index in [1.54, 1.807) is 31.9 Å². The van der Waals surface area contributed by atoms with Crippen molar-refractivity contribution in [2.45, 2.75) is 20.0 Å². The summed E-state index contributed by atoms with van der Waals surface area (Å²) >= 11 is 0. The molecule has 1 aliphatic heterocycles. The van der Waals surface area contributed by atoms with Crippen LogP contribution in [0.1, 0.15) is 23.5 Å². The first kappa shape index (κ1) is 21.2.